The summed E-state index contributed by atoms with van der Waals surface area (Å²) in [6.07, 6.45) is 0.183. The number of nitrogens with zero attached hydrogens (tertiary/aromatic N) is 1. The molecule has 1 aliphatic rings. The topological polar surface area (TPSA) is 66.8 Å². The SMILES string of the molecule is COC(=O)CCN1Cc2ccc(O)cc2C1=O. The van der Waals surface area contributed by atoms with Gasteiger partial charge < -0.3 is 14.7 Å². The van der Waals surface area contributed by atoms with Gasteiger partial charge in [-0.25, -0.2) is 0 Å². The van der Waals surface area contributed by atoms with Gasteiger partial charge in [-0.1, -0.05) is 6.07 Å². The summed E-state index contributed by atoms with van der Waals surface area (Å²) in [5.41, 5.74) is 1.38. The summed E-state index contributed by atoms with van der Waals surface area (Å²) in [6, 6.07) is 4.73. The van der Waals surface area contributed by atoms with Crippen LogP contribution in [0.3, 0.4) is 0 Å². The van der Waals surface area contributed by atoms with Gasteiger partial charge in [-0.2, -0.15) is 0 Å². The van der Waals surface area contributed by atoms with E-state index >= 15 is 0 Å². The Morgan fingerprint density at radius 3 is 3.00 bits per heavy atom. The number of phenolic OH excluding ortho intramolecular Hbond substituents is 1. The molecule has 0 aromatic heterocycles. The highest BCUT2D eigenvalue weighted by Crippen LogP contribution is 2.26. The highest BCUT2D eigenvalue weighted by molar-refractivity contribution is 5.98. The van der Waals surface area contributed by atoms with Crippen LogP contribution in [0.2, 0.25) is 0 Å². The molecule has 0 bridgehead atoms. The second-order valence-corrected chi connectivity index (χ2v) is 3.89. The lowest BCUT2D eigenvalue weighted by atomic mass is 10.1. The van der Waals surface area contributed by atoms with Crippen molar-refractivity contribution in [1.82, 2.24) is 4.90 Å². The van der Waals surface area contributed by atoms with Gasteiger partial charge in [-0.15, -0.1) is 0 Å². The second-order valence-electron chi connectivity index (χ2n) is 3.89. The molecule has 0 unspecified atom stereocenters. The molecule has 1 amide bonds. The Bertz CT molecular complexity index is 470. The molecule has 0 fully saturated rings. The summed E-state index contributed by atoms with van der Waals surface area (Å²) in [5.74, 6) is -0.414. The van der Waals surface area contributed by atoms with Gasteiger partial charge in [0.15, 0.2) is 0 Å². The van der Waals surface area contributed by atoms with E-state index in [0.29, 0.717) is 18.7 Å². The maximum absolute atomic E-state index is 11.9. The molecular weight excluding hydrogens is 222 g/mol. The molecule has 0 radical (unpaired) electrons. The van der Waals surface area contributed by atoms with E-state index in [1.54, 1.807) is 17.0 Å². The molecule has 5 heteroatoms. The average molecular weight is 235 g/mol. The van der Waals surface area contributed by atoms with Crippen LogP contribution in [0.5, 0.6) is 5.75 Å². The van der Waals surface area contributed by atoms with Gasteiger partial charge in [0.05, 0.1) is 13.5 Å². The lowest BCUT2D eigenvalue weighted by Crippen LogP contribution is -2.26. The van der Waals surface area contributed by atoms with E-state index < -0.39 is 0 Å². The zero-order valence-electron chi connectivity index (χ0n) is 9.47. The number of ether oxygens (including phenoxy) is 1. The first-order valence-corrected chi connectivity index (χ1v) is 5.30. The molecule has 17 heavy (non-hydrogen) atoms. The average Bonchev–Trinajstić information content (AvgIpc) is 2.63. The Kier molecular flexibility index (Phi) is 2.99. The van der Waals surface area contributed by atoms with Crippen LogP contribution in [0, 0.1) is 0 Å². The highest BCUT2D eigenvalue weighted by atomic mass is 16.5. The van der Waals surface area contributed by atoms with Crippen LogP contribution in [0.4, 0.5) is 0 Å². The number of amides is 1. The van der Waals surface area contributed by atoms with Crippen molar-refractivity contribution < 1.29 is 19.4 Å². The van der Waals surface area contributed by atoms with Crippen LogP contribution in [0.15, 0.2) is 18.2 Å². The largest absolute Gasteiger partial charge is 0.508 e. The van der Waals surface area contributed by atoms with Crippen molar-refractivity contribution in [1.29, 1.82) is 0 Å². The molecule has 1 N–H and O–H groups in total. The van der Waals surface area contributed by atoms with Crippen LogP contribution in [-0.4, -0.2) is 35.5 Å². The van der Waals surface area contributed by atoms with Gasteiger partial charge >= 0.3 is 5.97 Å². The maximum atomic E-state index is 11.9. The van der Waals surface area contributed by atoms with Crippen LogP contribution in [0.1, 0.15) is 22.3 Å². The number of hydrogen-bond donors (Lipinski definition) is 1. The van der Waals surface area contributed by atoms with Gasteiger partial charge in [-0.05, 0) is 17.7 Å². The van der Waals surface area contributed by atoms with Crippen LogP contribution in [-0.2, 0) is 16.1 Å². The number of benzene rings is 1. The molecule has 0 saturated heterocycles. The van der Waals surface area contributed by atoms with Crippen LogP contribution in [0.25, 0.3) is 0 Å². The third kappa shape index (κ3) is 2.22. The lowest BCUT2D eigenvalue weighted by Gasteiger charge is -2.14. The van der Waals surface area contributed by atoms with Crippen LogP contribution >= 0.6 is 0 Å². The van der Waals surface area contributed by atoms with Crippen molar-refractivity contribution in [3.8, 4) is 5.75 Å². The molecule has 2 rings (SSSR count). The Balaban J connectivity index is 2.07. The molecule has 0 spiro atoms. The number of aromatic hydroxyl groups is 1. The van der Waals surface area contributed by atoms with Gasteiger partial charge in [0.25, 0.3) is 5.91 Å². The summed E-state index contributed by atoms with van der Waals surface area (Å²) in [7, 11) is 1.32. The fourth-order valence-electron chi connectivity index (χ4n) is 1.86. The molecular formula is C12H13NO4. The lowest BCUT2D eigenvalue weighted by molar-refractivity contribution is -0.140. The molecule has 5 nitrogen and oxygen atoms in total. The Hall–Kier alpha value is -2.04. The maximum Gasteiger partial charge on any atom is 0.307 e. The third-order valence-electron chi connectivity index (χ3n) is 2.79. The first-order valence-electron chi connectivity index (χ1n) is 5.30. The number of fused-ring (bicyclic) bond motifs is 1. The number of rotatable bonds is 3. The molecule has 0 aliphatic carbocycles. The first-order chi connectivity index (χ1) is 8.11. The van der Waals surface area contributed by atoms with E-state index in [2.05, 4.69) is 4.74 Å². The predicted octanol–water partition coefficient (Wildman–Crippen LogP) is 0.911. The number of phenols is 1. The zero-order chi connectivity index (χ0) is 12.4. The van der Waals surface area contributed by atoms with E-state index in [1.165, 1.54) is 13.2 Å². The Labute approximate surface area is 98.6 Å². The molecule has 1 aromatic rings. The molecule has 1 aliphatic heterocycles. The predicted molar refractivity (Wildman–Crippen MR) is 59.5 cm³/mol. The number of carbonyl (C=O) groups excluding carboxylic acids is 2. The minimum atomic E-state index is -0.336. The van der Waals surface area contributed by atoms with Gasteiger partial charge in [0.2, 0.25) is 0 Å². The van der Waals surface area contributed by atoms with E-state index in [9.17, 15) is 14.7 Å². The Morgan fingerprint density at radius 2 is 2.29 bits per heavy atom. The number of carbonyl (C=O) groups is 2. The smallest absolute Gasteiger partial charge is 0.307 e. The summed E-state index contributed by atoms with van der Waals surface area (Å²) in [4.78, 5) is 24.5. The fraction of sp³-hybridized carbons (Fsp3) is 0.333. The second kappa shape index (κ2) is 4.45. The summed E-state index contributed by atoms with van der Waals surface area (Å²) < 4.78 is 4.52. The summed E-state index contributed by atoms with van der Waals surface area (Å²) in [5, 5.41) is 9.31. The van der Waals surface area contributed by atoms with Gasteiger partial charge in [0, 0.05) is 18.7 Å². The summed E-state index contributed by atoms with van der Waals surface area (Å²) >= 11 is 0. The first kappa shape index (κ1) is 11.4. The normalized spacial score (nSPS) is 13.7. The molecule has 1 aromatic carbocycles. The van der Waals surface area contributed by atoms with Crippen molar-refractivity contribution in [2.45, 2.75) is 13.0 Å². The van der Waals surface area contributed by atoms with Crippen molar-refractivity contribution in [3.05, 3.63) is 29.3 Å². The van der Waals surface area contributed by atoms with E-state index in [4.69, 9.17) is 0 Å². The van der Waals surface area contributed by atoms with E-state index in [-0.39, 0.29) is 24.0 Å². The standard InChI is InChI=1S/C12H13NO4/c1-17-11(15)4-5-13-7-8-2-3-9(14)6-10(8)12(13)16/h2-3,6,14H,4-5,7H2,1H3. The Morgan fingerprint density at radius 1 is 1.53 bits per heavy atom. The molecule has 90 valence electrons. The minimum Gasteiger partial charge on any atom is -0.508 e. The molecule has 1 heterocycles. The van der Waals surface area contributed by atoms with Gasteiger partial charge in [-0.3, -0.25) is 9.59 Å². The monoisotopic (exact) mass is 235 g/mol. The number of hydrogen-bond acceptors (Lipinski definition) is 4. The van der Waals surface area contributed by atoms with Crippen molar-refractivity contribution >= 4 is 11.9 Å². The number of esters is 1. The summed E-state index contributed by atoms with van der Waals surface area (Å²) in [6.45, 7) is 0.812. The van der Waals surface area contributed by atoms with Crippen LogP contribution < -0.4 is 0 Å². The molecule has 0 atom stereocenters. The van der Waals surface area contributed by atoms with E-state index in [0.717, 1.165) is 5.56 Å². The van der Waals surface area contributed by atoms with Gasteiger partial charge in [0.1, 0.15) is 5.75 Å². The van der Waals surface area contributed by atoms with Crippen molar-refractivity contribution in [3.63, 3.8) is 0 Å². The van der Waals surface area contributed by atoms with E-state index in [1.807, 2.05) is 0 Å². The highest BCUT2D eigenvalue weighted by Gasteiger charge is 2.27. The minimum absolute atomic E-state index is 0.0758. The number of methoxy groups -OCH3 is 1. The quantitative estimate of drug-likeness (QED) is 0.791. The fourth-order valence-corrected chi connectivity index (χ4v) is 1.86. The van der Waals surface area contributed by atoms with Crippen molar-refractivity contribution in [2.75, 3.05) is 13.7 Å². The third-order valence-corrected chi connectivity index (χ3v) is 2.79. The van der Waals surface area contributed by atoms with Crippen molar-refractivity contribution in [2.24, 2.45) is 0 Å². The molecule has 0 saturated carbocycles. The zero-order valence-corrected chi connectivity index (χ0v) is 9.47.